The maximum atomic E-state index is 14.2. The summed E-state index contributed by atoms with van der Waals surface area (Å²) < 4.78 is -0.544. The van der Waals surface area contributed by atoms with Crippen molar-refractivity contribution in [1.82, 2.24) is 20.0 Å². The van der Waals surface area contributed by atoms with Gasteiger partial charge in [-0.3, -0.25) is 24.1 Å². The van der Waals surface area contributed by atoms with E-state index in [4.69, 9.17) is 0 Å². The molecular formula is C26H42N4O6S. The topological polar surface area (TPSA) is 127 Å². The molecule has 0 spiro atoms. The second-order valence-electron chi connectivity index (χ2n) is 11.6. The SMILES string of the molecule is CCCNC(=O)[C@H]1N(C(=O)[C@H](CC2CCCC2)[C@@H](CN2C(=O)N(C)C(C)(C)C2=O)C(=O)O)CSC1(C)C. The molecule has 208 valence electrons. The summed E-state index contributed by atoms with van der Waals surface area (Å²) in [5.41, 5.74) is -1.09. The molecule has 0 bridgehead atoms. The van der Waals surface area contributed by atoms with E-state index in [1.165, 1.54) is 28.6 Å². The zero-order valence-corrected chi connectivity index (χ0v) is 23.7. The zero-order valence-electron chi connectivity index (χ0n) is 22.9. The molecule has 3 fully saturated rings. The lowest BCUT2D eigenvalue weighted by Crippen LogP contribution is -2.56. The molecule has 1 aliphatic carbocycles. The minimum atomic E-state index is -1.27. The van der Waals surface area contributed by atoms with Gasteiger partial charge < -0.3 is 20.2 Å². The van der Waals surface area contributed by atoms with Crippen molar-refractivity contribution >= 4 is 41.5 Å². The molecule has 3 atom stereocenters. The Bertz CT molecular complexity index is 932. The number of nitrogens with zero attached hydrogens (tertiary/aromatic N) is 3. The van der Waals surface area contributed by atoms with Gasteiger partial charge in [-0.05, 0) is 46.5 Å². The van der Waals surface area contributed by atoms with Crippen molar-refractivity contribution in [2.24, 2.45) is 17.8 Å². The van der Waals surface area contributed by atoms with Crippen LogP contribution >= 0.6 is 11.8 Å². The molecule has 0 aromatic rings. The summed E-state index contributed by atoms with van der Waals surface area (Å²) in [6.07, 6.45) is 4.99. The molecule has 3 aliphatic rings. The van der Waals surface area contributed by atoms with Crippen molar-refractivity contribution in [2.75, 3.05) is 26.0 Å². The number of hydrogen-bond acceptors (Lipinski definition) is 6. The number of carbonyl (C=O) groups excluding carboxylic acids is 4. The van der Waals surface area contributed by atoms with Crippen LogP contribution in [0.5, 0.6) is 0 Å². The van der Waals surface area contributed by atoms with Crippen LogP contribution < -0.4 is 5.32 Å². The third-order valence-corrected chi connectivity index (χ3v) is 9.69. The molecule has 0 radical (unpaired) electrons. The molecule has 5 amide bonds. The molecule has 3 rings (SSSR count). The summed E-state index contributed by atoms with van der Waals surface area (Å²) in [4.78, 5) is 69.7. The summed E-state index contributed by atoms with van der Waals surface area (Å²) >= 11 is 1.49. The molecule has 1 saturated carbocycles. The van der Waals surface area contributed by atoms with E-state index in [9.17, 15) is 29.1 Å². The average molecular weight is 539 g/mol. The summed E-state index contributed by atoms with van der Waals surface area (Å²) in [5.74, 6) is -4.08. The van der Waals surface area contributed by atoms with Gasteiger partial charge in [0.15, 0.2) is 0 Å². The van der Waals surface area contributed by atoms with Gasteiger partial charge in [0.2, 0.25) is 11.8 Å². The number of rotatable bonds is 10. The summed E-state index contributed by atoms with van der Waals surface area (Å²) in [5, 5.41) is 13.2. The number of thioether (sulfide) groups is 1. The number of imide groups is 1. The van der Waals surface area contributed by atoms with E-state index in [1.807, 2.05) is 20.8 Å². The van der Waals surface area contributed by atoms with E-state index in [-0.39, 0.29) is 30.2 Å². The van der Waals surface area contributed by atoms with Crippen LogP contribution in [0.2, 0.25) is 0 Å². The average Bonchev–Trinajstić information content (AvgIpc) is 3.49. The van der Waals surface area contributed by atoms with Crippen molar-refractivity contribution in [2.45, 2.75) is 89.5 Å². The highest BCUT2D eigenvalue weighted by Crippen LogP contribution is 2.42. The molecule has 0 aromatic carbocycles. The maximum absolute atomic E-state index is 14.2. The molecule has 2 N–H and O–H groups in total. The zero-order chi connectivity index (χ0) is 27.7. The molecule has 2 aliphatic heterocycles. The molecule has 2 saturated heterocycles. The Labute approximate surface area is 223 Å². The van der Waals surface area contributed by atoms with Gasteiger partial charge in [0.1, 0.15) is 11.6 Å². The van der Waals surface area contributed by atoms with Crippen molar-refractivity contribution in [3.05, 3.63) is 0 Å². The molecule has 0 aromatic heterocycles. The first-order valence-corrected chi connectivity index (χ1v) is 14.3. The Hall–Kier alpha value is -2.30. The van der Waals surface area contributed by atoms with Crippen LogP contribution in [-0.2, 0) is 19.2 Å². The van der Waals surface area contributed by atoms with Crippen molar-refractivity contribution < 1.29 is 29.1 Å². The number of carboxylic acid groups (broad SMARTS) is 1. The van der Waals surface area contributed by atoms with Crippen molar-refractivity contribution in [3.63, 3.8) is 0 Å². The molecule has 37 heavy (non-hydrogen) atoms. The number of hydrogen-bond donors (Lipinski definition) is 2. The van der Waals surface area contributed by atoms with Crippen LogP contribution in [-0.4, -0.2) is 91.9 Å². The first-order valence-electron chi connectivity index (χ1n) is 13.3. The van der Waals surface area contributed by atoms with Crippen molar-refractivity contribution in [1.29, 1.82) is 0 Å². The minimum Gasteiger partial charge on any atom is -0.481 e. The van der Waals surface area contributed by atoms with Crippen LogP contribution in [0.1, 0.15) is 73.1 Å². The second kappa shape index (κ2) is 11.2. The smallest absolute Gasteiger partial charge is 0.327 e. The van der Waals surface area contributed by atoms with E-state index in [0.29, 0.717) is 13.0 Å². The second-order valence-corrected chi connectivity index (χ2v) is 13.2. The van der Waals surface area contributed by atoms with Gasteiger partial charge >= 0.3 is 12.0 Å². The molecule has 2 heterocycles. The Morgan fingerprint density at radius 3 is 2.24 bits per heavy atom. The first-order chi connectivity index (χ1) is 17.2. The Morgan fingerprint density at radius 2 is 1.73 bits per heavy atom. The van der Waals surface area contributed by atoms with Gasteiger partial charge in [-0.15, -0.1) is 11.8 Å². The van der Waals surface area contributed by atoms with E-state index >= 15 is 0 Å². The highest BCUT2D eigenvalue weighted by atomic mass is 32.2. The molecule has 0 unspecified atom stereocenters. The standard InChI is InChI=1S/C26H42N4O6S/c1-7-12-27-20(31)19-26(4,5)37-15-30(19)21(32)17(13-16-10-8-9-11-16)18(22(33)34)14-29-23(35)25(2,3)28(6)24(29)36/h16-19H,7-15H2,1-6H3,(H,27,31)(H,33,34)/t17-,18-,19-/m1/s1. The predicted octanol–water partition coefficient (Wildman–Crippen LogP) is 2.76. The first kappa shape index (κ1) is 29.3. The van der Waals surface area contributed by atoms with Gasteiger partial charge in [0.25, 0.3) is 5.91 Å². The van der Waals surface area contributed by atoms with E-state index in [2.05, 4.69) is 5.32 Å². The lowest BCUT2D eigenvalue weighted by atomic mass is 9.81. The van der Waals surface area contributed by atoms with Crippen LogP contribution in [0.4, 0.5) is 4.79 Å². The number of likely N-dealkylation sites (N-methyl/N-ethyl adjacent to an activating group) is 1. The highest BCUT2D eigenvalue weighted by Gasteiger charge is 2.54. The van der Waals surface area contributed by atoms with Gasteiger partial charge in [0.05, 0.1) is 17.7 Å². The summed E-state index contributed by atoms with van der Waals surface area (Å²) in [6.45, 7) is 9.14. The number of urea groups is 1. The number of aliphatic carboxylic acids is 1. The number of carbonyl (C=O) groups is 5. The van der Waals surface area contributed by atoms with Gasteiger partial charge in [-0.1, -0.05) is 32.6 Å². The molecule has 11 heteroatoms. The van der Waals surface area contributed by atoms with Gasteiger partial charge in [-0.25, -0.2) is 4.79 Å². The third kappa shape index (κ3) is 5.76. The summed E-state index contributed by atoms with van der Waals surface area (Å²) in [7, 11) is 1.51. The van der Waals surface area contributed by atoms with Crippen molar-refractivity contribution in [3.8, 4) is 0 Å². The Morgan fingerprint density at radius 1 is 1.11 bits per heavy atom. The summed E-state index contributed by atoms with van der Waals surface area (Å²) in [6, 6.07) is -1.31. The van der Waals surface area contributed by atoms with Crippen LogP contribution in [0.3, 0.4) is 0 Å². The van der Waals surface area contributed by atoms with E-state index in [0.717, 1.165) is 37.0 Å². The van der Waals surface area contributed by atoms with Crippen LogP contribution in [0, 0.1) is 17.8 Å². The van der Waals surface area contributed by atoms with Crippen LogP contribution in [0.15, 0.2) is 0 Å². The third-order valence-electron chi connectivity index (χ3n) is 8.31. The van der Waals surface area contributed by atoms with E-state index < -0.39 is 46.1 Å². The largest absolute Gasteiger partial charge is 0.481 e. The maximum Gasteiger partial charge on any atom is 0.327 e. The fourth-order valence-electron chi connectivity index (χ4n) is 5.73. The Kier molecular flexibility index (Phi) is 8.86. The number of nitrogens with one attached hydrogen (secondary N) is 1. The predicted molar refractivity (Wildman–Crippen MR) is 141 cm³/mol. The molecular weight excluding hydrogens is 496 g/mol. The highest BCUT2D eigenvalue weighted by molar-refractivity contribution is 8.00. The monoisotopic (exact) mass is 538 g/mol. The fourth-order valence-corrected chi connectivity index (χ4v) is 6.87. The van der Waals surface area contributed by atoms with E-state index in [1.54, 1.807) is 13.8 Å². The van der Waals surface area contributed by atoms with Crippen LogP contribution in [0.25, 0.3) is 0 Å². The lowest BCUT2D eigenvalue weighted by Gasteiger charge is -2.35. The number of carboxylic acids is 1. The quantitative estimate of drug-likeness (QED) is 0.410. The fraction of sp³-hybridized carbons (Fsp3) is 0.808. The molecule has 10 nitrogen and oxygen atoms in total. The number of amides is 5. The lowest BCUT2D eigenvalue weighted by molar-refractivity contribution is -0.154. The van der Waals surface area contributed by atoms with Gasteiger partial charge in [-0.2, -0.15) is 0 Å². The Balaban J connectivity index is 1.94. The van der Waals surface area contributed by atoms with Gasteiger partial charge in [0, 0.05) is 24.9 Å². The normalized spacial score (nSPS) is 25.0. The minimum absolute atomic E-state index is 0.190.